The van der Waals surface area contributed by atoms with Gasteiger partial charge in [-0.3, -0.25) is 0 Å². The Kier molecular flexibility index (Phi) is 7.26. The number of hydrogen-bond donors (Lipinski definition) is 0. The van der Waals surface area contributed by atoms with Crippen molar-refractivity contribution in [3.8, 4) is 0 Å². The fraction of sp³-hybridized carbons (Fsp3) is 0.182. The van der Waals surface area contributed by atoms with Crippen LogP contribution in [-0.2, 0) is 14.1 Å². The Labute approximate surface area is 200 Å². The molecular weight excluding hydrogens is 546 g/mol. The first-order chi connectivity index (χ1) is 16.5. The molecule has 0 fully saturated rings. The van der Waals surface area contributed by atoms with Gasteiger partial charge in [0.1, 0.15) is 0 Å². The Morgan fingerprint density at radius 1 is 0.528 bits per heavy atom. The maximum absolute atomic E-state index is 14.7. The van der Waals surface area contributed by atoms with E-state index in [-0.39, 0.29) is 15.9 Å². The van der Waals surface area contributed by atoms with E-state index in [0.717, 1.165) is 0 Å². The first-order valence-corrected chi connectivity index (χ1v) is 13.2. The molecule has 14 heteroatoms. The van der Waals surface area contributed by atoms with E-state index < -0.39 is 40.9 Å². The van der Waals surface area contributed by atoms with Gasteiger partial charge in [-0.15, -0.1) is 0 Å². The van der Waals surface area contributed by atoms with E-state index in [2.05, 4.69) is 0 Å². The Hall–Kier alpha value is -2.63. The predicted molar refractivity (Wildman–Crippen MR) is 117 cm³/mol. The molecule has 3 aromatic rings. The van der Waals surface area contributed by atoms with Crippen molar-refractivity contribution < 1.29 is 51.9 Å². The zero-order valence-electron chi connectivity index (χ0n) is 17.7. The molecule has 0 N–H and O–H groups in total. The second kappa shape index (κ2) is 9.35. The standard InChI is InChI=1S/C22H16F9O3PS/c23-19(24,21(27,28)29)20(25,26)22(30,31)36(32,33)34-35(16-10-4-1-5-11-16,17-12-6-2-7-13-17)18-14-8-3-9-15-18/h1-15,35H. The summed E-state index contributed by atoms with van der Waals surface area (Å²) in [5.74, 6) is -14.8. The molecule has 0 aromatic heterocycles. The molecule has 0 amide bonds. The zero-order chi connectivity index (χ0) is 27.0. The van der Waals surface area contributed by atoms with Crippen LogP contribution in [0, 0.1) is 0 Å². The quantitative estimate of drug-likeness (QED) is 0.273. The summed E-state index contributed by atoms with van der Waals surface area (Å²) in [5, 5.41) is -7.26. The minimum absolute atomic E-state index is 0.0901. The number of halogens is 9. The van der Waals surface area contributed by atoms with Gasteiger partial charge < -0.3 is 0 Å². The van der Waals surface area contributed by atoms with Crippen molar-refractivity contribution in [1.29, 1.82) is 0 Å². The summed E-state index contributed by atoms with van der Waals surface area (Å²) in [4.78, 5) is 0. The molecule has 36 heavy (non-hydrogen) atoms. The Morgan fingerprint density at radius 3 is 1.11 bits per heavy atom. The van der Waals surface area contributed by atoms with Crippen LogP contribution in [0.25, 0.3) is 0 Å². The topological polar surface area (TPSA) is 43.4 Å². The Balaban J connectivity index is 2.33. The van der Waals surface area contributed by atoms with E-state index in [1.54, 1.807) is 0 Å². The maximum atomic E-state index is 14.7. The molecule has 0 radical (unpaired) electrons. The molecule has 0 aliphatic carbocycles. The van der Waals surface area contributed by atoms with Crippen LogP contribution in [-0.4, -0.2) is 31.7 Å². The van der Waals surface area contributed by atoms with E-state index in [0.29, 0.717) is 0 Å². The second-order valence-electron chi connectivity index (χ2n) is 7.48. The van der Waals surface area contributed by atoms with Crippen molar-refractivity contribution in [2.75, 3.05) is 0 Å². The third-order valence-corrected chi connectivity index (χ3v) is 11.4. The van der Waals surface area contributed by atoms with Crippen LogP contribution in [0.4, 0.5) is 39.5 Å². The van der Waals surface area contributed by atoms with Crippen LogP contribution in [0.15, 0.2) is 91.0 Å². The third kappa shape index (κ3) is 4.37. The predicted octanol–water partition coefficient (Wildman–Crippen LogP) is 5.40. The first kappa shape index (κ1) is 27.9. The Bertz CT molecular complexity index is 1190. The van der Waals surface area contributed by atoms with Crippen LogP contribution >= 0.6 is 7.49 Å². The van der Waals surface area contributed by atoms with Crippen molar-refractivity contribution in [3.63, 3.8) is 0 Å². The molecule has 3 aromatic carbocycles. The van der Waals surface area contributed by atoms with Gasteiger partial charge in [0.05, 0.1) is 0 Å². The van der Waals surface area contributed by atoms with E-state index >= 15 is 0 Å². The van der Waals surface area contributed by atoms with Gasteiger partial charge in [0.25, 0.3) is 0 Å². The van der Waals surface area contributed by atoms with Crippen LogP contribution in [0.2, 0.25) is 0 Å². The minimum atomic E-state index is -7.42. The number of benzene rings is 3. The summed E-state index contributed by atoms with van der Waals surface area (Å²) in [5.41, 5.74) is 0. The SMILES string of the molecule is O=S(=O)(O[PH](c1ccccc1)(c1ccccc1)c1ccccc1)C(F)(F)C(F)(F)C(F)(F)C(F)(F)F. The fourth-order valence-electron chi connectivity index (χ4n) is 3.40. The average Bonchev–Trinajstić information content (AvgIpc) is 2.83. The summed E-state index contributed by atoms with van der Waals surface area (Å²) in [6, 6.07) is 19.9. The monoisotopic (exact) mass is 562 g/mol. The summed E-state index contributed by atoms with van der Waals surface area (Å²) < 4.78 is 152. The zero-order valence-corrected chi connectivity index (χ0v) is 19.5. The number of rotatable bonds is 8. The van der Waals surface area contributed by atoms with Crippen molar-refractivity contribution in [1.82, 2.24) is 0 Å². The summed E-state index contributed by atoms with van der Waals surface area (Å²) in [6.45, 7) is 0. The molecule has 196 valence electrons. The number of hydrogen-bond acceptors (Lipinski definition) is 3. The summed E-state index contributed by atoms with van der Waals surface area (Å²) >= 11 is 0. The van der Waals surface area contributed by atoms with Gasteiger partial charge in [0.2, 0.25) is 0 Å². The van der Waals surface area contributed by atoms with Gasteiger partial charge >= 0.3 is 200 Å². The van der Waals surface area contributed by atoms with Gasteiger partial charge in [-0.1, -0.05) is 0 Å². The van der Waals surface area contributed by atoms with Crippen molar-refractivity contribution in [2.24, 2.45) is 0 Å². The van der Waals surface area contributed by atoms with Gasteiger partial charge in [-0.25, -0.2) is 0 Å². The molecule has 3 rings (SSSR count). The third-order valence-electron chi connectivity index (χ3n) is 5.21. The van der Waals surface area contributed by atoms with Gasteiger partial charge in [0.15, 0.2) is 0 Å². The van der Waals surface area contributed by atoms with E-state index in [9.17, 15) is 47.9 Å². The van der Waals surface area contributed by atoms with Crippen LogP contribution in [0.3, 0.4) is 0 Å². The van der Waals surface area contributed by atoms with Crippen LogP contribution < -0.4 is 15.9 Å². The van der Waals surface area contributed by atoms with Crippen molar-refractivity contribution in [2.45, 2.75) is 23.3 Å². The molecule has 0 heterocycles. The van der Waals surface area contributed by atoms with Crippen LogP contribution in [0.1, 0.15) is 0 Å². The van der Waals surface area contributed by atoms with Crippen molar-refractivity contribution >= 4 is 33.5 Å². The van der Waals surface area contributed by atoms with Gasteiger partial charge in [-0.05, 0) is 0 Å². The molecule has 0 atom stereocenters. The molecule has 0 bridgehead atoms. The van der Waals surface area contributed by atoms with E-state index in [1.807, 2.05) is 0 Å². The summed E-state index contributed by atoms with van der Waals surface area (Å²) in [7, 11) is -11.9. The van der Waals surface area contributed by atoms with E-state index in [1.165, 1.54) is 91.0 Å². The molecule has 3 nitrogen and oxygen atoms in total. The molecule has 0 aliphatic heterocycles. The van der Waals surface area contributed by atoms with Gasteiger partial charge in [-0.2, -0.15) is 0 Å². The number of alkyl halides is 9. The fourth-order valence-corrected chi connectivity index (χ4v) is 9.72. The van der Waals surface area contributed by atoms with Gasteiger partial charge in [0, 0.05) is 0 Å². The average molecular weight is 562 g/mol. The molecule has 0 spiro atoms. The Morgan fingerprint density at radius 2 is 0.833 bits per heavy atom. The van der Waals surface area contributed by atoms with Crippen LogP contribution in [0.5, 0.6) is 0 Å². The molecular formula is C22H16F9O3PS. The molecule has 0 saturated carbocycles. The normalized spacial score (nSPS) is 14.5. The van der Waals surface area contributed by atoms with E-state index in [4.69, 9.17) is 3.97 Å². The first-order valence-electron chi connectivity index (χ1n) is 9.84. The molecule has 0 saturated heterocycles. The molecule has 0 unspecified atom stereocenters. The van der Waals surface area contributed by atoms with Crippen molar-refractivity contribution in [3.05, 3.63) is 91.0 Å². The summed E-state index contributed by atoms with van der Waals surface area (Å²) in [6.07, 6.45) is -7.19. The second-order valence-corrected chi connectivity index (χ2v) is 12.7. The molecule has 0 aliphatic rings.